The number of ether oxygens (including phenoxy) is 1. The van der Waals surface area contributed by atoms with Crippen LogP contribution in [-0.4, -0.2) is 36.9 Å². The van der Waals surface area contributed by atoms with Gasteiger partial charge in [-0.05, 0) is 55.2 Å². The van der Waals surface area contributed by atoms with Gasteiger partial charge in [-0.2, -0.15) is 0 Å². The number of benzene rings is 2. The molecule has 26 heavy (non-hydrogen) atoms. The summed E-state index contributed by atoms with van der Waals surface area (Å²) in [5.41, 5.74) is 3.93. The first-order valence-corrected chi connectivity index (χ1v) is 8.64. The van der Waals surface area contributed by atoms with E-state index in [2.05, 4.69) is 5.32 Å². The molecule has 0 saturated carbocycles. The van der Waals surface area contributed by atoms with Gasteiger partial charge in [0.25, 0.3) is 0 Å². The number of hydrogen-bond acceptors (Lipinski definition) is 3. The molecule has 0 atom stereocenters. The molecule has 0 spiro atoms. The molecule has 2 amide bonds. The van der Waals surface area contributed by atoms with Crippen molar-refractivity contribution >= 4 is 17.5 Å². The van der Waals surface area contributed by atoms with Gasteiger partial charge in [-0.3, -0.25) is 9.59 Å². The summed E-state index contributed by atoms with van der Waals surface area (Å²) in [6.07, 6.45) is 0.625. The average Bonchev–Trinajstić information content (AvgIpc) is 2.57. The first kappa shape index (κ1) is 19.5. The molecular weight excluding hydrogens is 328 g/mol. The summed E-state index contributed by atoms with van der Waals surface area (Å²) < 4.78 is 5.34. The number of anilines is 1. The summed E-state index contributed by atoms with van der Waals surface area (Å²) >= 11 is 0. The predicted octanol–water partition coefficient (Wildman–Crippen LogP) is 3.34. The van der Waals surface area contributed by atoms with Gasteiger partial charge in [0.1, 0.15) is 5.75 Å². The van der Waals surface area contributed by atoms with E-state index in [1.165, 1.54) is 6.92 Å². The van der Waals surface area contributed by atoms with Gasteiger partial charge in [0.15, 0.2) is 0 Å². The lowest BCUT2D eigenvalue weighted by Crippen LogP contribution is -2.38. The van der Waals surface area contributed by atoms with Crippen LogP contribution < -0.4 is 10.1 Å². The number of rotatable bonds is 7. The third-order valence-electron chi connectivity index (χ3n) is 4.13. The largest absolute Gasteiger partial charge is 0.496 e. The highest BCUT2D eigenvalue weighted by Crippen LogP contribution is 2.18. The maximum Gasteiger partial charge on any atom is 0.243 e. The number of hydrogen-bond donors (Lipinski definition) is 1. The molecule has 5 nitrogen and oxygen atoms in total. The summed E-state index contributed by atoms with van der Waals surface area (Å²) in [5, 5.41) is 2.87. The fraction of sp³-hybridized carbons (Fsp3) is 0.333. The zero-order valence-electron chi connectivity index (χ0n) is 15.8. The molecule has 0 fully saturated rings. The molecule has 1 N–H and O–H groups in total. The van der Waals surface area contributed by atoms with Crippen LogP contribution in [0.5, 0.6) is 5.75 Å². The number of amides is 2. The Bertz CT molecular complexity index is 766. The maximum atomic E-state index is 12.4. The summed E-state index contributed by atoms with van der Waals surface area (Å²) in [5.74, 6) is 0.455. The van der Waals surface area contributed by atoms with E-state index in [9.17, 15) is 9.59 Å². The van der Waals surface area contributed by atoms with Gasteiger partial charge in [-0.15, -0.1) is 0 Å². The molecule has 0 aromatic heterocycles. The van der Waals surface area contributed by atoms with Gasteiger partial charge in [0.2, 0.25) is 11.8 Å². The average molecular weight is 354 g/mol. The minimum Gasteiger partial charge on any atom is -0.496 e. The normalized spacial score (nSPS) is 10.3. The lowest BCUT2D eigenvalue weighted by atomic mass is 10.1. The summed E-state index contributed by atoms with van der Waals surface area (Å²) in [6.45, 7) is 5.93. The van der Waals surface area contributed by atoms with Gasteiger partial charge >= 0.3 is 0 Å². The molecule has 0 aliphatic heterocycles. The Balaban J connectivity index is 1.98. The quantitative estimate of drug-likeness (QED) is 0.830. The van der Waals surface area contributed by atoms with E-state index in [0.717, 1.165) is 28.1 Å². The van der Waals surface area contributed by atoms with E-state index in [1.807, 2.05) is 56.3 Å². The van der Waals surface area contributed by atoms with Gasteiger partial charge in [0.05, 0.1) is 13.7 Å². The molecule has 0 bridgehead atoms. The molecule has 5 heteroatoms. The Morgan fingerprint density at radius 1 is 1.08 bits per heavy atom. The number of nitrogens with zero attached hydrogens (tertiary/aromatic N) is 1. The van der Waals surface area contributed by atoms with Crippen molar-refractivity contribution < 1.29 is 14.3 Å². The first-order chi connectivity index (χ1) is 12.4. The standard InChI is InChI=1S/C21H26N2O3/c1-15-11-16(2)13-19(12-15)22-21(25)14-23(17(3)24)10-9-18-7-5-6-8-20(18)26-4/h5-8,11-13H,9-10,14H2,1-4H3,(H,22,25). The summed E-state index contributed by atoms with van der Waals surface area (Å²) in [7, 11) is 1.62. The van der Waals surface area contributed by atoms with Crippen LogP contribution in [0.2, 0.25) is 0 Å². The zero-order chi connectivity index (χ0) is 19.1. The monoisotopic (exact) mass is 354 g/mol. The van der Waals surface area contributed by atoms with Crippen LogP contribution in [0.25, 0.3) is 0 Å². The van der Waals surface area contributed by atoms with E-state index in [-0.39, 0.29) is 18.4 Å². The Morgan fingerprint density at radius 2 is 1.73 bits per heavy atom. The molecule has 2 aromatic rings. The zero-order valence-corrected chi connectivity index (χ0v) is 15.8. The van der Waals surface area contributed by atoms with Crippen LogP contribution >= 0.6 is 0 Å². The van der Waals surface area contributed by atoms with Gasteiger partial charge in [0, 0.05) is 19.2 Å². The third kappa shape index (κ3) is 5.62. The molecular formula is C21H26N2O3. The molecule has 0 radical (unpaired) electrons. The van der Waals surface area contributed by atoms with Crippen LogP contribution in [0.3, 0.4) is 0 Å². The molecule has 0 aliphatic rings. The number of nitrogens with one attached hydrogen (secondary N) is 1. The molecule has 2 rings (SSSR count). The second-order valence-electron chi connectivity index (χ2n) is 6.43. The number of methoxy groups -OCH3 is 1. The van der Waals surface area contributed by atoms with E-state index < -0.39 is 0 Å². The molecule has 0 saturated heterocycles. The van der Waals surface area contributed by atoms with Gasteiger partial charge in [-0.1, -0.05) is 24.3 Å². The Morgan fingerprint density at radius 3 is 2.35 bits per heavy atom. The Kier molecular flexibility index (Phi) is 6.78. The number of carbonyl (C=O) groups excluding carboxylic acids is 2. The molecule has 0 heterocycles. The second-order valence-corrected chi connectivity index (χ2v) is 6.43. The van der Waals surface area contributed by atoms with Crippen LogP contribution in [0, 0.1) is 13.8 Å². The number of para-hydroxylation sites is 1. The highest BCUT2D eigenvalue weighted by atomic mass is 16.5. The second kappa shape index (κ2) is 9.04. The fourth-order valence-electron chi connectivity index (χ4n) is 2.93. The van der Waals surface area contributed by atoms with E-state index in [1.54, 1.807) is 12.0 Å². The van der Waals surface area contributed by atoms with E-state index in [0.29, 0.717) is 13.0 Å². The molecule has 0 unspecified atom stereocenters. The van der Waals surface area contributed by atoms with E-state index in [4.69, 9.17) is 4.74 Å². The predicted molar refractivity (Wildman–Crippen MR) is 103 cm³/mol. The van der Waals surface area contributed by atoms with Crippen molar-refractivity contribution in [3.63, 3.8) is 0 Å². The number of aryl methyl sites for hydroxylation is 2. The van der Waals surface area contributed by atoms with Crippen LogP contribution in [0.4, 0.5) is 5.69 Å². The summed E-state index contributed by atoms with van der Waals surface area (Å²) in [4.78, 5) is 25.8. The topological polar surface area (TPSA) is 58.6 Å². The smallest absolute Gasteiger partial charge is 0.243 e. The lowest BCUT2D eigenvalue weighted by Gasteiger charge is -2.21. The Labute approximate surface area is 155 Å². The van der Waals surface area contributed by atoms with Crippen LogP contribution in [-0.2, 0) is 16.0 Å². The van der Waals surface area contributed by atoms with Crippen molar-refractivity contribution in [3.05, 3.63) is 59.2 Å². The fourth-order valence-corrected chi connectivity index (χ4v) is 2.93. The number of carbonyl (C=O) groups is 2. The van der Waals surface area contributed by atoms with Gasteiger partial charge < -0.3 is 15.0 Å². The Hall–Kier alpha value is -2.82. The van der Waals surface area contributed by atoms with Crippen molar-refractivity contribution in [2.45, 2.75) is 27.2 Å². The molecule has 0 aliphatic carbocycles. The first-order valence-electron chi connectivity index (χ1n) is 8.64. The summed E-state index contributed by atoms with van der Waals surface area (Å²) in [6, 6.07) is 13.6. The van der Waals surface area contributed by atoms with Crippen molar-refractivity contribution in [2.75, 3.05) is 25.5 Å². The van der Waals surface area contributed by atoms with Gasteiger partial charge in [-0.25, -0.2) is 0 Å². The minimum atomic E-state index is -0.203. The maximum absolute atomic E-state index is 12.4. The van der Waals surface area contributed by atoms with Crippen molar-refractivity contribution in [1.82, 2.24) is 4.90 Å². The molecule has 2 aromatic carbocycles. The molecule has 138 valence electrons. The SMILES string of the molecule is COc1ccccc1CCN(CC(=O)Nc1cc(C)cc(C)c1)C(C)=O. The van der Waals surface area contributed by atoms with E-state index >= 15 is 0 Å². The van der Waals surface area contributed by atoms with Crippen LogP contribution in [0.15, 0.2) is 42.5 Å². The van der Waals surface area contributed by atoms with Crippen LogP contribution in [0.1, 0.15) is 23.6 Å². The third-order valence-corrected chi connectivity index (χ3v) is 4.13. The highest BCUT2D eigenvalue weighted by molar-refractivity contribution is 5.94. The van der Waals surface area contributed by atoms with Crippen molar-refractivity contribution in [1.29, 1.82) is 0 Å². The van der Waals surface area contributed by atoms with Crippen molar-refractivity contribution in [3.8, 4) is 5.75 Å². The van der Waals surface area contributed by atoms with Crippen molar-refractivity contribution in [2.24, 2.45) is 0 Å². The lowest BCUT2D eigenvalue weighted by molar-refractivity contribution is -0.132. The minimum absolute atomic E-state index is 0.0253. The highest BCUT2D eigenvalue weighted by Gasteiger charge is 2.15.